The molecular weight excluding hydrogens is 548 g/mol. The van der Waals surface area contributed by atoms with Crippen molar-refractivity contribution in [3.05, 3.63) is 83.2 Å². The van der Waals surface area contributed by atoms with Crippen molar-refractivity contribution < 1.29 is 14.6 Å². The number of amides is 1. The Morgan fingerprint density at radius 1 is 1.11 bits per heavy atom. The molecule has 0 bridgehead atoms. The number of aliphatic hydroxyl groups is 1. The monoisotopic (exact) mass is 592 g/mol. The van der Waals surface area contributed by atoms with Crippen LogP contribution in [0.5, 0.6) is 5.75 Å². The molecule has 2 aliphatic carbocycles. The third-order valence-electron chi connectivity index (χ3n) is 10.3. The van der Waals surface area contributed by atoms with Crippen LogP contribution in [0.25, 0.3) is 22.2 Å². The number of ether oxygens (including phenoxy) is 1. The fourth-order valence-corrected chi connectivity index (χ4v) is 7.99. The molecule has 230 valence electrons. The molecule has 0 radical (unpaired) electrons. The molecule has 1 aromatic heterocycles. The van der Waals surface area contributed by atoms with Gasteiger partial charge in [0.15, 0.2) is 0 Å². The van der Waals surface area contributed by atoms with Crippen molar-refractivity contribution in [2.45, 2.75) is 84.5 Å². The number of aryl methyl sites for hydroxylation is 1. The Hall–Kier alpha value is -3.68. The van der Waals surface area contributed by atoms with Gasteiger partial charge in [-0.05, 0) is 108 Å². The summed E-state index contributed by atoms with van der Waals surface area (Å²) in [5, 5.41) is 14.7. The van der Waals surface area contributed by atoms with Gasteiger partial charge < -0.3 is 20.1 Å². The zero-order chi connectivity index (χ0) is 30.7. The van der Waals surface area contributed by atoms with Crippen LogP contribution in [0.15, 0.2) is 60.7 Å². The van der Waals surface area contributed by atoms with Gasteiger partial charge in [0.2, 0.25) is 0 Å². The number of imidazole rings is 1. The number of H-pyrrole nitrogens is 1. The smallest absolute Gasteiger partial charge is 0.410 e. The average molecular weight is 593 g/mol. The van der Waals surface area contributed by atoms with E-state index >= 15 is 0 Å². The summed E-state index contributed by atoms with van der Waals surface area (Å²) >= 11 is 0. The fraction of sp³-hybridized carbons (Fsp3) is 0.459. The lowest BCUT2D eigenvalue weighted by Gasteiger charge is -2.36. The SMILES string of the molecule is Cc1ccc(-c2ccc3nc([C@@H]4CC(C)(C)CN4C(O)[C@@H](NC(=O)Oc4ccccc4)C(C)C)[nH]c3c2)c2c1C1CCC1C2. The van der Waals surface area contributed by atoms with Gasteiger partial charge in [0.05, 0.1) is 23.1 Å². The maximum absolute atomic E-state index is 12.8. The van der Waals surface area contributed by atoms with Crippen molar-refractivity contribution in [3.8, 4) is 16.9 Å². The van der Waals surface area contributed by atoms with Gasteiger partial charge in [-0.2, -0.15) is 0 Å². The number of nitrogens with zero attached hydrogens (tertiary/aromatic N) is 2. The molecule has 1 saturated heterocycles. The highest BCUT2D eigenvalue weighted by Crippen LogP contribution is 2.54. The second-order valence-corrected chi connectivity index (χ2v) is 14.4. The number of carbonyl (C=O) groups is 1. The lowest BCUT2D eigenvalue weighted by Crippen LogP contribution is -2.55. The third-order valence-corrected chi connectivity index (χ3v) is 10.3. The number of carbonyl (C=O) groups excluding carboxylic acids is 1. The minimum absolute atomic E-state index is 0.0256. The molecule has 4 aromatic rings. The summed E-state index contributed by atoms with van der Waals surface area (Å²) in [6.45, 7) is 11.4. The lowest BCUT2D eigenvalue weighted by atomic mass is 9.73. The topological polar surface area (TPSA) is 90.5 Å². The highest BCUT2D eigenvalue weighted by Gasteiger charge is 2.45. The van der Waals surface area contributed by atoms with Crippen molar-refractivity contribution >= 4 is 17.1 Å². The first kappa shape index (κ1) is 29.1. The number of hydrogen-bond donors (Lipinski definition) is 3. The zero-order valence-corrected chi connectivity index (χ0v) is 26.4. The standard InChI is InChI=1S/C37H44N4O3/c1-21(2)33(40-36(43)44-25-9-7-6-8-10-25)35(42)41-20-37(4,5)19-31(41)34-38-29-16-13-24(18-30(29)39-34)26-14-11-22(3)32-27-15-12-23(27)17-28(26)32/h6-11,13-14,16,18,21,23,27,31,33,35,42H,12,15,17,19-20H2,1-5H3,(H,38,39)(H,40,43)/t23?,27?,31-,33-,35?/m0/s1. The molecule has 5 atom stereocenters. The van der Waals surface area contributed by atoms with E-state index in [-0.39, 0.29) is 17.4 Å². The number of para-hydroxylation sites is 1. The van der Waals surface area contributed by atoms with Gasteiger partial charge in [-0.15, -0.1) is 0 Å². The predicted octanol–water partition coefficient (Wildman–Crippen LogP) is 7.49. The lowest BCUT2D eigenvalue weighted by molar-refractivity contribution is -0.0461. The highest BCUT2D eigenvalue weighted by atomic mass is 16.6. The van der Waals surface area contributed by atoms with E-state index in [1.54, 1.807) is 23.3 Å². The molecule has 2 heterocycles. The number of likely N-dealkylation sites (tertiary alicyclic amines) is 1. The van der Waals surface area contributed by atoms with Crippen molar-refractivity contribution in [1.29, 1.82) is 0 Å². The highest BCUT2D eigenvalue weighted by molar-refractivity contribution is 5.84. The van der Waals surface area contributed by atoms with Crippen LogP contribution in [0.4, 0.5) is 4.79 Å². The minimum atomic E-state index is -0.917. The van der Waals surface area contributed by atoms with Gasteiger partial charge in [0.1, 0.15) is 17.8 Å². The summed E-state index contributed by atoms with van der Waals surface area (Å²) in [7, 11) is 0. The summed E-state index contributed by atoms with van der Waals surface area (Å²) in [6.07, 6.45) is 3.21. The molecule has 7 nitrogen and oxygen atoms in total. The summed E-state index contributed by atoms with van der Waals surface area (Å²) in [6, 6.07) is 19.5. The number of benzene rings is 3. The molecule has 44 heavy (non-hydrogen) atoms. The van der Waals surface area contributed by atoms with Gasteiger partial charge in [-0.1, -0.05) is 64.1 Å². The van der Waals surface area contributed by atoms with E-state index in [0.717, 1.165) is 35.1 Å². The minimum Gasteiger partial charge on any atom is -0.410 e. The number of aliphatic hydroxyl groups excluding tert-OH is 1. The van der Waals surface area contributed by atoms with Crippen LogP contribution in [0.3, 0.4) is 0 Å². The number of fused-ring (bicyclic) bond motifs is 4. The van der Waals surface area contributed by atoms with Crippen LogP contribution in [-0.2, 0) is 6.42 Å². The molecule has 1 saturated carbocycles. The number of hydrogen-bond acceptors (Lipinski definition) is 5. The van der Waals surface area contributed by atoms with Crippen LogP contribution in [0.2, 0.25) is 0 Å². The van der Waals surface area contributed by atoms with Crippen molar-refractivity contribution in [2.75, 3.05) is 6.54 Å². The molecule has 7 rings (SSSR count). The van der Waals surface area contributed by atoms with Crippen molar-refractivity contribution in [2.24, 2.45) is 17.3 Å². The number of nitrogens with one attached hydrogen (secondary N) is 2. The predicted molar refractivity (Wildman–Crippen MR) is 174 cm³/mol. The Morgan fingerprint density at radius 2 is 1.91 bits per heavy atom. The molecule has 7 heteroatoms. The van der Waals surface area contributed by atoms with Crippen LogP contribution in [0, 0.1) is 24.2 Å². The molecule has 2 fully saturated rings. The van der Waals surface area contributed by atoms with Crippen molar-refractivity contribution in [1.82, 2.24) is 20.2 Å². The summed E-state index contributed by atoms with van der Waals surface area (Å²) in [4.78, 5) is 23.6. The van der Waals surface area contributed by atoms with Gasteiger partial charge in [-0.25, -0.2) is 9.78 Å². The van der Waals surface area contributed by atoms with E-state index in [1.807, 2.05) is 32.0 Å². The summed E-state index contributed by atoms with van der Waals surface area (Å²) < 4.78 is 5.50. The Morgan fingerprint density at radius 3 is 2.64 bits per heavy atom. The fourth-order valence-electron chi connectivity index (χ4n) is 7.99. The number of aromatic amines is 1. The van der Waals surface area contributed by atoms with E-state index < -0.39 is 18.4 Å². The average Bonchev–Trinajstić information content (AvgIpc) is 3.62. The van der Waals surface area contributed by atoms with Gasteiger partial charge >= 0.3 is 6.09 Å². The van der Waals surface area contributed by atoms with Crippen LogP contribution in [0.1, 0.15) is 81.4 Å². The Bertz CT molecular complexity index is 1690. The van der Waals surface area contributed by atoms with E-state index in [9.17, 15) is 9.90 Å². The third kappa shape index (κ3) is 5.20. The van der Waals surface area contributed by atoms with Crippen LogP contribution >= 0.6 is 0 Å². The van der Waals surface area contributed by atoms with Crippen LogP contribution < -0.4 is 10.1 Å². The molecule has 3 unspecified atom stereocenters. The first-order chi connectivity index (χ1) is 21.1. The Labute approximate surface area is 260 Å². The molecular formula is C37H44N4O3. The quantitative estimate of drug-likeness (QED) is 0.207. The van der Waals surface area contributed by atoms with E-state index in [2.05, 4.69) is 66.3 Å². The van der Waals surface area contributed by atoms with E-state index in [4.69, 9.17) is 9.72 Å². The van der Waals surface area contributed by atoms with Crippen molar-refractivity contribution in [3.63, 3.8) is 0 Å². The van der Waals surface area contributed by atoms with Gasteiger partial charge in [-0.3, -0.25) is 4.90 Å². The van der Waals surface area contributed by atoms with Crippen LogP contribution in [-0.4, -0.2) is 44.9 Å². The summed E-state index contributed by atoms with van der Waals surface area (Å²) in [5.41, 5.74) is 9.06. The Kier molecular flexibility index (Phi) is 7.29. The molecule has 3 N–H and O–H groups in total. The molecule has 1 aliphatic heterocycles. The molecule has 1 amide bonds. The largest absolute Gasteiger partial charge is 0.412 e. The number of rotatable bonds is 7. The molecule has 0 spiro atoms. The van der Waals surface area contributed by atoms with E-state index in [1.165, 1.54) is 36.0 Å². The molecule has 3 aliphatic rings. The van der Waals surface area contributed by atoms with E-state index in [0.29, 0.717) is 12.3 Å². The maximum atomic E-state index is 12.8. The summed E-state index contributed by atoms with van der Waals surface area (Å²) in [5.74, 6) is 2.86. The Balaban J connectivity index is 1.16. The normalized spacial score (nSPS) is 23.7. The maximum Gasteiger partial charge on any atom is 0.412 e. The zero-order valence-electron chi connectivity index (χ0n) is 26.4. The first-order valence-corrected chi connectivity index (χ1v) is 16.2. The first-order valence-electron chi connectivity index (χ1n) is 16.2. The second kappa shape index (κ2) is 11.0. The van der Waals surface area contributed by atoms with Gasteiger partial charge in [0.25, 0.3) is 0 Å². The van der Waals surface area contributed by atoms with Gasteiger partial charge in [0, 0.05) is 6.54 Å². The number of aromatic nitrogens is 2. The second-order valence-electron chi connectivity index (χ2n) is 14.4. The molecule has 3 aromatic carbocycles.